The molecule has 0 bridgehead atoms. The number of halogens is 1. The van der Waals surface area contributed by atoms with Crippen LogP contribution in [0.1, 0.15) is 23.8 Å². The van der Waals surface area contributed by atoms with Gasteiger partial charge in [-0.1, -0.05) is 6.92 Å². The Labute approximate surface area is 91.8 Å². The third kappa shape index (κ3) is 2.65. The molecule has 0 amide bonds. The summed E-state index contributed by atoms with van der Waals surface area (Å²) in [5, 5.41) is 7.05. The molecule has 4 nitrogen and oxygen atoms in total. The predicted molar refractivity (Wildman–Crippen MR) is 58.4 cm³/mol. The molecule has 0 unspecified atom stereocenters. The number of aromatic nitrogens is 2. The molecule has 1 aromatic rings. The van der Waals surface area contributed by atoms with Crippen LogP contribution in [-0.2, 0) is 7.05 Å². The summed E-state index contributed by atoms with van der Waals surface area (Å²) >= 11 is 3.29. The van der Waals surface area contributed by atoms with E-state index in [4.69, 9.17) is 0 Å². The van der Waals surface area contributed by atoms with Gasteiger partial charge in [0.05, 0.1) is 17.2 Å². The molecule has 0 saturated carbocycles. The molecule has 0 spiro atoms. The number of hydrogen-bond donors (Lipinski definition) is 1. The first-order valence-electron chi connectivity index (χ1n) is 4.58. The van der Waals surface area contributed by atoms with Crippen molar-refractivity contribution in [1.29, 1.82) is 0 Å². The van der Waals surface area contributed by atoms with Gasteiger partial charge in [-0.15, -0.1) is 0 Å². The largest absolute Gasteiger partial charge is 0.310 e. The quantitative estimate of drug-likeness (QED) is 0.642. The average molecular weight is 260 g/mol. The summed E-state index contributed by atoms with van der Waals surface area (Å²) in [5.41, 5.74) is 0.619. The molecular weight excluding hydrogens is 246 g/mol. The molecule has 0 fully saturated rings. The molecule has 0 aliphatic rings. The van der Waals surface area contributed by atoms with Gasteiger partial charge in [-0.3, -0.25) is 9.48 Å². The lowest BCUT2D eigenvalue weighted by Gasteiger charge is -2.03. The minimum atomic E-state index is 0.0605. The van der Waals surface area contributed by atoms with Gasteiger partial charge >= 0.3 is 0 Å². The zero-order valence-electron chi connectivity index (χ0n) is 8.38. The van der Waals surface area contributed by atoms with Crippen LogP contribution in [0.4, 0.5) is 0 Å². The summed E-state index contributed by atoms with van der Waals surface area (Å²) in [5.74, 6) is 0.0605. The number of Topliss-reactive ketones (excluding diaryl/α,β-unsaturated/α-hetero) is 1. The summed E-state index contributed by atoms with van der Waals surface area (Å²) in [6, 6.07) is 0. The number of ketones is 1. The summed E-state index contributed by atoms with van der Waals surface area (Å²) in [6.45, 7) is 3.30. The Morgan fingerprint density at radius 3 is 2.93 bits per heavy atom. The van der Waals surface area contributed by atoms with E-state index in [9.17, 15) is 4.79 Å². The van der Waals surface area contributed by atoms with Gasteiger partial charge in [-0.2, -0.15) is 5.10 Å². The lowest BCUT2D eigenvalue weighted by atomic mass is 10.3. The minimum Gasteiger partial charge on any atom is -0.310 e. The molecule has 1 N–H and O–H groups in total. The van der Waals surface area contributed by atoms with Gasteiger partial charge in [0.1, 0.15) is 5.69 Å². The van der Waals surface area contributed by atoms with Crippen LogP contribution < -0.4 is 5.32 Å². The number of nitrogens with zero attached hydrogens (tertiary/aromatic N) is 2. The van der Waals surface area contributed by atoms with Crippen molar-refractivity contribution in [1.82, 2.24) is 15.1 Å². The van der Waals surface area contributed by atoms with E-state index in [1.54, 1.807) is 17.9 Å². The number of nitrogens with one attached hydrogen (secondary N) is 1. The third-order valence-electron chi connectivity index (χ3n) is 1.87. The van der Waals surface area contributed by atoms with Gasteiger partial charge in [0, 0.05) is 7.05 Å². The molecule has 78 valence electrons. The van der Waals surface area contributed by atoms with Crippen molar-refractivity contribution in [2.24, 2.45) is 7.05 Å². The third-order valence-corrected chi connectivity index (χ3v) is 2.45. The molecule has 0 aliphatic carbocycles. The van der Waals surface area contributed by atoms with Gasteiger partial charge < -0.3 is 5.32 Å². The van der Waals surface area contributed by atoms with Crippen molar-refractivity contribution < 1.29 is 4.79 Å². The molecule has 5 heteroatoms. The van der Waals surface area contributed by atoms with E-state index >= 15 is 0 Å². The van der Waals surface area contributed by atoms with Crippen LogP contribution >= 0.6 is 15.9 Å². The summed E-state index contributed by atoms with van der Waals surface area (Å²) in [4.78, 5) is 11.7. The van der Waals surface area contributed by atoms with E-state index in [-0.39, 0.29) is 5.78 Å². The van der Waals surface area contributed by atoms with Gasteiger partial charge in [-0.25, -0.2) is 0 Å². The van der Waals surface area contributed by atoms with Gasteiger partial charge in [0.15, 0.2) is 5.78 Å². The molecule has 1 rings (SSSR count). The number of rotatable bonds is 5. The highest BCUT2D eigenvalue weighted by molar-refractivity contribution is 9.10. The van der Waals surface area contributed by atoms with Gasteiger partial charge in [-0.05, 0) is 28.9 Å². The van der Waals surface area contributed by atoms with Crippen LogP contribution in [0.3, 0.4) is 0 Å². The van der Waals surface area contributed by atoms with Crippen molar-refractivity contribution in [3.63, 3.8) is 0 Å². The highest BCUT2D eigenvalue weighted by atomic mass is 79.9. The van der Waals surface area contributed by atoms with E-state index < -0.39 is 0 Å². The minimum absolute atomic E-state index is 0.0605. The average Bonchev–Trinajstić information content (AvgIpc) is 2.46. The smallest absolute Gasteiger partial charge is 0.195 e. The normalized spacial score (nSPS) is 10.5. The maximum absolute atomic E-state index is 11.7. The first kappa shape index (κ1) is 11.4. The van der Waals surface area contributed by atoms with Crippen LogP contribution in [0, 0.1) is 0 Å². The van der Waals surface area contributed by atoms with Crippen molar-refractivity contribution >= 4 is 21.7 Å². The number of hydrogen-bond acceptors (Lipinski definition) is 3. The fourth-order valence-corrected chi connectivity index (χ4v) is 1.76. The Kier molecular flexibility index (Phi) is 4.28. The Morgan fingerprint density at radius 2 is 2.43 bits per heavy atom. The lowest BCUT2D eigenvalue weighted by molar-refractivity contribution is 0.0981. The molecule has 0 aliphatic heterocycles. The van der Waals surface area contributed by atoms with Crippen LogP contribution in [0.5, 0.6) is 0 Å². The standard InChI is InChI=1S/C9H14BrN3O/c1-3-4-11-6-8(14)9-7(10)5-12-13(9)2/h5,11H,3-4,6H2,1-2H3. The van der Waals surface area contributed by atoms with E-state index in [1.165, 1.54) is 0 Å². The molecule has 0 atom stereocenters. The fourth-order valence-electron chi connectivity index (χ4n) is 1.19. The highest BCUT2D eigenvalue weighted by Crippen LogP contribution is 2.14. The molecule has 0 saturated heterocycles. The summed E-state index contributed by atoms with van der Waals surface area (Å²) in [7, 11) is 1.76. The summed E-state index contributed by atoms with van der Waals surface area (Å²) in [6.07, 6.45) is 2.66. The Balaban J connectivity index is 2.60. The van der Waals surface area contributed by atoms with Crippen molar-refractivity contribution in [2.45, 2.75) is 13.3 Å². The second kappa shape index (κ2) is 5.26. The second-order valence-electron chi connectivity index (χ2n) is 3.06. The molecule has 1 aromatic heterocycles. The van der Waals surface area contributed by atoms with Gasteiger partial charge in [0.25, 0.3) is 0 Å². The maximum atomic E-state index is 11.7. The molecule has 0 radical (unpaired) electrons. The topological polar surface area (TPSA) is 46.9 Å². The first-order valence-corrected chi connectivity index (χ1v) is 5.37. The maximum Gasteiger partial charge on any atom is 0.195 e. The fraction of sp³-hybridized carbons (Fsp3) is 0.556. The van der Waals surface area contributed by atoms with Gasteiger partial charge in [0.2, 0.25) is 0 Å². The molecule has 1 heterocycles. The molecular formula is C9H14BrN3O. The van der Waals surface area contributed by atoms with E-state index in [0.717, 1.165) is 17.4 Å². The Bertz CT molecular complexity index is 302. The summed E-state index contributed by atoms with van der Waals surface area (Å²) < 4.78 is 2.34. The SMILES string of the molecule is CCCNCC(=O)c1c(Br)cnn1C. The lowest BCUT2D eigenvalue weighted by Crippen LogP contribution is -2.25. The van der Waals surface area contributed by atoms with Crippen molar-refractivity contribution in [3.05, 3.63) is 16.4 Å². The molecule has 14 heavy (non-hydrogen) atoms. The predicted octanol–water partition coefficient (Wildman–Crippen LogP) is 1.36. The second-order valence-corrected chi connectivity index (χ2v) is 3.92. The Morgan fingerprint density at radius 1 is 1.71 bits per heavy atom. The number of carbonyl (C=O) groups is 1. The molecule has 0 aromatic carbocycles. The van der Waals surface area contributed by atoms with Crippen LogP contribution in [0.15, 0.2) is 10.7 Å². The zero-order valence-corrected chi connectivity index (χ0v) is 9.97. The first-order chi connectivity index (χ1) is 6.66. The van der Waals surface area contributed by atoms with Crippen molar-refractivity contribution in [2.75, 3.05) is 13.1 Å². The highest BCUT2D eigenvalue weighted by Gasteiger charge is 2.13. The number of aryl methyl sites for hydroxylation is 1. The van der Waals surface area contributed by atoms with E-state index in [0.29, 0.717) is 12.2 Å². The van der Waals surface area contributed by atoms with E-state index in [2.05, 4.69) is 33.3 Å². The van der Waals surface area contributed by atoms with Crippen molar-refractivity contribution in [3.8, 4) is 0 Å². The monoisotopic (exact) mass is 259 g/mol. The van der Waals surface area contributed by atoms with Crippen LogP contribution in [0.2, 0.25) is 0 Å². The Hall–Kier alpha value is -0.680. The van der Waals surface area contributed by atoms with Crippen LogP contribution in [-0.4, -0.2) is 28.7 Å². The van der Waals surface area contributed by atoms with E-state index in [1.807, 2.05) is 0 Å². The van der Waals surface area contributed by atoms with Crippen LogP contribution in [0.25, 0.3) is 0 Å². The number of carbonyl (C=O) groups excluding carboxylic acids is 1. The zero-order chi connectivity index (χ0) is 10.6.